The van der Waals surface area contributed by atoms with Crippen LogP contribution in [0.4, 0.5) is 0 Å². The molecule has 1 aromatic heterocycles. The van der Waals surface area contributed by atoms with Crippen LogP contribution in [0.2, 0.25) is 0 Å². The van der Waals surface area contributed by atoms with E-state index in [2.05, 4.69) is 20.9 Å². The minimum atomic E-state index is -0.997. The Labute approximate surface area is 106 Å². The van der Waals surface area contributed by atoms with Gasteiger partial charge in [0.25, 0.3) is 0 Å². The zero-order chi connectivity index (χ0) is 12.3. The van der Waals surface area contributed by atoms with E-state index >= 15 is 0 Å². The SMILES string of the molecule is O=C(O)c1ccc(Br)c(Oc2ccccn2)c1. The van der Waals surface area contributed by atoms with Crippen molar-refractivity contribution in [1.29, 1.82) is 0 Å². The molecule has 2 aromatic rings. The van der Waals surface area contributed by atoms with Gasteiger partial charge in [-0.15, -0.1) is 0 Å². The largest absolute Gasteiger partial charge is 0.478 e. The van der Waals surface area contributed by atoms with Crippen molar-refractivity contribution in [3.05, 3.63) is 52.6 Å². The molecule has 0 aliphatic heterocycles. The van der Waals surface area contributed by atoms with Crippen molar-refractivity contribution in [2.75, 3.05) is 0 Å². The molecule has 2 rings (SSSR count). The summed E-state index contributed by atoms with van der Waals surface area (Å²) < 4.78 is 6.15. The molecule has 0 amide bonds. The number of rotatable bonds is 3. The van der Waals surface area contributed by atoms with Crippen LogP contribution in [0.3, 0.4) is 0 Å². The van der Waals surface area contributed by atoms with Gasteiger partial charge in [0.05, 0.1) is 10.0 Å². The van der Waals surface area contributed by atoms with E-state index in [-0.39, 0.29) is 5.56 Å². The van der Waals surface area contributed by atoms with Gasteiger partial charge in [0.15, 0.2) is 0 Å². The van der Waals surface area contributed by atoms with Gasteiger partial charge in [-0.1, -0.05) is 6.07 Å². The third-order valence-electron chi connectivity index (χ3n) is 2.03. The van der Waals surface area contributed by atoms with E-state index in [0.29, 0.717) is 16.1 Å². The number of carboxylic acid groups (broad SMARTS) is 1. The second-order valence-electron chi connectivity index (χ2n) is 3.22. The van der Waals surface area contributed by atoms with Gasteiger partial charge < -0.3 is 9.84 Å². The highest BCUT2D eigenvalue weighted by molar-refractivity contribution is 9.10. The number of carboxylic acids is 1. The van der Waals surface area contributed by atoms with Crippen LogP contribution in [0.15, 0.2) is 47.1 Å². The Kier molecular flexibility index (Phi) is 3.39. The molecular weight excluding hydrogens is 286 g/mol. The number of carbonyl (C=O) groups is 1. The molecule has 4 nitrogen and oxygen atoms in total. The van der Waals surface area contributed by atoms with Crippen LogP contribution in [-0.4, -0.2) is 16.1 Å². The highest BCUT2D eigenvalue weighted by Gasteiger charge is 2.09. The van der Waals surface area contributed by atoms with Crippen molar-refractivity contribution < 1.29 is 14.6 Å². The number of hydrogen-bond acceptors (Lipinski definition) is 3. The summed E-state index contributed by atoms with van der Waals surface area (Å²) in [6, 6.07) is 9.83. The van der Waals surface area contributed by atoms with Crippen LogP contribution in [0.1, 0.15) is 10.4 Å². The average Bonchev–Trinajstić information content (AvgIpc) is 2.33. The van der Waals surface area contributed by atoms with Gasteiger partial charge >= 0.3 is 5.97 Å². The van der Waals surface area contributed by atoms with Crippen molar-refractivity contribution in [3.8, 4) is 11.6 Å². The maximum absolute atomic E-state index is 10.8. The second-order valence-corrected chi connectivity index (χ2v) is 4.07. The van der Waals surface area contributed by atoms with E-state index in [1.54, 1.807) is 30.5 Å². The van der Waals surface area contributed by atoms with Crippen LogP contribution >= 0.6 is 15.9 Å². The summed E-state index contributed by atoms with van der Waals surface area (Å²) in [7, 11) is 0. The molecule has 1 N–H and O–H groups in total. The third-order valence-corrected chi connectivity index (χ3v) is 2.69. The standard InChI is InChI=1S/C12H8BrNO3/c13-9-5-4-8(12(15)16)7-10(9)17-11-3-1-2-6-14-11/h1-7H,(H,15,16). The average molecular weight is 294 g/mol. The quantitative estimate of drug-likeness (QED) is 0.943. The summed E-state index contributed by atoms with van der Waals surface area (Å²) in [5, 5.41) is 8.88. The number of halogens is 1. The predicted molar refractivity (Wildman–Crippen MR) is 65.4 cm³/mol. The first kappa shape index (κ1) is 11.6. The topological polar surface area (TPSA) is 59.4 Å². The van der Waals surface area contributed by atoms with Crippen molar-refractivity contribution >= 4 is 21.9 Å². The Bertz CT molecular complexity index is 543. The van der Waals surface area contributed by atoms with E-state index in [1.807, 2.05) is 0 Å². The third kappa shape index (κ3) is 2.82. The molecule has 0 atom stereocenters. The van der Waals surface area contributed by atoms with Gasteiger partial charge in [-0.05, 0) is 40.2 Å². The fraction of sp³-hybridized carbons (Fsp3) is 0. The number of ether oxygens (including phenoxy) is 1. The summed E-state index contributed by atoms with van der Waals surface area (Å²) in [6.07, 6.45) is 1.60. The molecule has 0 aliphatic carbocycles. The zero-order valence-electron chi connectivity index (χ0n) is 8.63. The monoisotopic (exact) mass is 293 g/mol. The second kappa shape index (κ2) is 4.97. The minimum Gasteiger partial charge on any atom is -0.478 e. The molecule has 0 fully saturated rings. The summed E-state index contributed by atoms with van der Waals surface area (Å²) >= 11 is 3.29. The smallest absolute Gasteiger partial charge is 0.335 e. The number of aromatic carboxylic acids is 1. The predicted octanol–water partition coefficient (Wildman–Crippen LogP) is 3.33. The zero-order valence-corrected chi connectivity index (χ0v) is 10.2. The highest BCUT2D eigenvalue weighted by Crippen LogP contribution is 2.29. The molecule has 86 valence electrons. The van der Waals surface area contributed by atoms with Crippen LogP contribution in [-0.2, 0) is 0 Å². The van der Waals surface area contributed by atoms with Crippen molar-refractivity contribution in [2.45, 2.75) is 0 Å². The molecule has 0 saturated carbocycles. The van der Waals surface area contributed by atoms with Gasteiger partial charge in [0.1, 0.15) is 5.75 Å². The molecule has 0 radical (unpaired) electrons. The molecule has 0 unspecified atom stereocenters. The molecule has 17 heavy (non-hydrogen) atoms. The maximum Gasteiger partial charge on any atom is 0.335 e. The van der Waals surface area contributed by atoms with Gasteiger partial charge in [-0.25, -0.2) is 9.78 Å². The number of benzene rings is 1. The first-order valence-corrected chi connectivity index (χ1v) is 5.58. The lowest BCUT2D eigenvalue weighted by atomic mass is 10.2. The maximum atomic E-state index is 10.8. The number of hydrogen-bond donors (Lipinski definition) is 1. The van der Waals surface area contributed by atoms with Crippen LogP contribution in [0.25, 0.3) is 0 Å². The molecule has 5 heteroatoms. The van der Waals surface area contributed by atoms with Crippen LogP contribution in [0, 0.1) is 0 Å². The Morgan fingerprint density at radius 1 is 1.29 bits per heavy atom. The van der Waals surface area contributed by atoms with Gasteiger partial charge in [0.2, 0.25) is 5.88 Å². The van der Waals surface area contributed by atoms with E-state index < -0.39 is 5.97 Å². The highest BCUT2D eigenvalue weighted by atomic mass is 79.9. The fourth-order valence-corrected chi connectivity index (χ4v) is 1.56. The van der Waals surface area contributed by atoms with E-state index in [4.69, 9.17) is 9.84 Å². The molecule has 0 aliphatic rings. The van der Waals surface area contributed by atoms with Crippen molar-refractivity contribution in [1.82, 2.24) is 4.98 Å². The molecule has 1 aromatic carbocycles. The van der Waals surface area contributed by atoms with Gasteiger partial charge in [-0.2, -0.15) is 0 Å². The summed E-state index contributed by atoms with van der Waals surface area (Å²) in [5.74, 6) is -0.164. The molecular formula is C12H8BrNO3. The summed E-state index contributed by atoms with van der Waals surface area (Å²) in [5.41, 5.74) is 0.166. The molecule has 0 saturated heterocycles. The molecule has 0 spiro atoms. The lowest BCUT2D eigenvalue weighted by Crippen LogP contribution is -1.97. The number of nitrogens with zero attached hydrogens (tertiary/aromatic N) is 1. The minimum absolute atomic E-state index is 0.166. The Morgan fingerprint density at radius 3 is 2.76 bits per heavy atom. The molecule has 0 bridgehead atoms. The Hall–Kier alpha value is -1.88. The Morgan fingerprint density at radius 2 is 2.12 bits per heavy atom. The number of pyridine rings is 1. The normalized spacial score (nSPS) is 9.94. The first-order chi connectivity index (χ1) is 8.16. The molecule has 1 heterocycles. The summed E-state index contributed by atoms with van der Waals surface area (Å²) in [4.78, 5) is 14.8. The first-order valence-electron chi connectivity index (χ1n) is 4.78. The number of aromatic nitrogens is 1. The van der Waals surface area contributed by atoms with Crippen LogP contribution in [0.5, 0.6) is 11.6 Å². The van der Waals surface area contributed by atoms with Crippen LogP contribution < -0.4 is 4.74 Å². The van der Waals surface area contributed by atoms with E-state index in [9.17, 15) is 4.79 Å². The van der Waals surface area contributed by atoms with E-state index in [0.717, 1.165) is 0 Å². The lowest BCUT2D eigenvalue weighted by Gasteiger charge is -2.07. The van der Waals surface area contributed by atoms with Gasteiger partial charge in [0, 0.05) is 12.3 Å². The lowest BCUT2D eigenvalue weighted by molar-refractivity contribution is 0.0696. The fourth-order valence-electron chi connectivity index (χ4n) is 1.23. The Balaban J connectivity index is 2.32. The van der Waals surface area contributed by atoms with Crippen molar-refractivity contribution in [2.24, 2.45) is 0 Å². The van der Waals surface area contributed by atoms with E-state index in [1.165, 1.54) is 12.1 Å². The van der Waals surface area contributed by atoms with Gasteiger partial charge in [-0.3, -0.25) is 0 Å². The summed E-state index contributed by atoms with van der Waals surface area (Å²) in [6.45, 7) is 0. The van der Waals surface area contributed by atoms with Crippen molar-refractivity contribution in [3.63, 3.8) is 0 Å².